The molecule has 5 nitrogen and oxygen atoms in total. The fourth-order valence-electron chi connectivity index (χ4n) is 5.43. The highest BCUT2D eigenvalue weighted by Crippen LogP contribution is 2.39. The zero-order valence-electron chi connectivity index (χ0n) is 20.6. The molecule has 0 spiro atoms. The van der Waals surface area contributed by atoms with Crippen molar-refractivity contribution in [3.8, 4) is 28.1 Å². The van der Waals surface area contributed by atoms with Crippen molar-refractivity contribution in [1.82, 2.24) is 8.97 Å². The van der Waals surface area contributed by atoms with Gasteiger partial charge in [-0.15, -0.1) is 0 Å². The van der Waals surface area contributed by atoms with Crippen LogP contribution in [0.3, 0.4) is 0 Å². The first-order chi connectivity index (χ1) is 17.6. The molecule has 1 aliphatic rings. The fraction of sp³-hybridized carbons (Fsp3) is 0.194. The van der Waals surface area contributed by atoms with Gasteiger partial charge in [0.25, 0.3) is 5.91 Å². The van der Waals surface area contributed by atoms with Crippen LogP contribution in [-0.2, 0) is 13.0 Å². The molecule has 0 bridgehead atoms. The molecular weight excluding hydrogens is 446 g/mol. The van der Waals surface area contributed by atoms with E-state index >= 15 is 0 Å². The summed E-state index contributed by atoms with van der Waals surface area (Å²) >= 11 is 0. The van der Waals surface area contributed by atoms with Gasteiger partial charge in [0.15, 0.2) is 0 Å². The fourth-order valence-corrected chi connectivity index (χ4v) is 5.43. The summed E-state index contributed by atoms with van der Waals surface area (Å²) in [6.07, 6.45) is 5.25. The van der Waals surface area contributed by atoms with Crippen molar-refractivity contribution < 1.29 is 9.53 Å². The largest absolute Gasteiger partial charge is 0.497 e. The maximum atomic E-state index is 14.0. The lowest BCUT2D eigenvalue weighted by molar-refractivity contribution is 0.102. The Hall–Kier alpha value is -4.25. The van der Waals surface area contributed by atoms with Gasteiger partial charge in [-0.25, -0.2) is 0 Å². The number of nitrogens with one attached hydrogen (secondary N) is 1. The maximum absolute atomic E-state index is 14.0. The SMILES string of the molecule is COc1ccc(-c2cn3c(C(=O)Nc4cccc(C)c4)c(-c4ccccc4)c4c3n2CCCC4)cc1. The van der Waals surface area contributed by atoms with Gasteiger partial charge in [-0.2, -0.15) is 0 Å². The van der Waals surface area contributed by atoms with Gasteiger partial charge < -0.3 is 14.6 Å². The zero-order chi connectivity index (χ0) is 24.6. The van der Waals surface area contributed by atoms with Crippen molar-refractivity contribution in [2.24, 2.45) is 0 Å². The number of aryl methyl sites for hydroxylation is 3. The van der Waals surface area contributed by atoms with E-state index < -0.39 is 0 Å². The molecule has 0 saturated carbocycles. The minimum atomic E-state index is -0.0975. The molecule has 6 rings (SSSR count). The molecule has 1 aliphatic heterocycles. The quantitative estimate of drug-likeness (QED) is 0.298. The second-order valence-corrected chi connectivity index (χ2v) is 9.44. The van der Waals surface area contributed by atoms with Crippen LogP contribution in [0.4, 0.5) is 5.69 Å². The highest BCUT2D eigenvalue weighted by atomic mass is 16.5. The third-order valence-electron chi connectivity index (χ3n) is 7.07. The number of hydrogen-bond donors (Lipinski definition) is 1. The minimum Gasteiger partial charge on any atom is -0.497 e. The van der Waals surface area contributed by atoms with Gasteiger partial charge >= 0.3 is 0 Å². The third-order valence-corrected chi connectivity index (χ3v) is 7.07. The summed E-state index contributed by atoms with van der Waals surface area (Å²) in [4.78, 5) is 14.0. The first-order valence-corrected chi connectivity index (χ1v) is 12.5. The normalized spacial score (nSPS) is 12.9. The minimum absolute atomic E-state index is 0.0975. The number of ether oxygens (including phenoxy) is 1. The summed E-state index contributed by atoms with van der Waals surface area (Å²) in [6, 6.07) is 26.4. The van der Waals surface area contributed by atoms with Crippen LogP contribution in [0.5, 0.6) is 5.75 Å². The lowest BCUT2D eigenvalue weighted by Gasteiger charge is -2.11. The monoisotopic (exact) mass is 475 g/mol. The number of imidazole rings is 1. The van der Waals surface area contributed by atoms with Crippen molar-refractivity contribution in [2.75, 3.05) is 12.4 Å². The molecule has 5 aromatic rings. The standard InChI is InChI=1S/C31H29N3O2/c1-21-9-8-12-24(19-21)32-30(35)29-28(23-10-4-3-5-11-23)26-13-6-7-18-33-27(20-34(29)31(26)33)22-14-16-25(36-2)17-15-22/h3-5,8-12,14-17,19-20H,6-7,13,18H2,1-2H3,(H,32,35). The number of amides is 1. The van der Waals surface area contributed by atoms with E-state index in [9.17, 15) is 4.79 Å². The van der Waals surface area contributed by atoms with Crippen LogP contribution >= 0.6 is 0 Å². The molecule has 0 saturated heterocycles. The van der Waals surface area contributed by atoms with Gasteiger partial charge in [-0.3, -0.25) is 9.20 Å². The van der Waals surface area contributed by atoms with Crippen LogP contribution in [-0.4, -0.2) is 22.0 Å². The van der Waals surface area contributed by atoms with Crippen LogP contribution in [0.2, 0.25) is 0 Å². The van der Waals surface area contributed by atoms with E-state index in [0.29, 0.717) is 5.69 Å². The predicted octanol–water partition coefficient (Wildman–Crippen LogP) is 6.98. The van der Waals surface area contributed by atoms with E-state index in [1.165, 1.54) is 5.56 Å². The van der Waals surface area contributed by atoms with Crippen LogP contribution in [0.1, 0.15) is 34.5 Å². The number of methoxy groups -OCH3 is 1. The number of aromatic nitrogens is 2. The third kappa shape index (κ3) is 3.77. The molecule has 3 heterocycles. The van der Waals surface area contributed by atoms with E-state index in [2.05, 4.69) is 44.7 Å². The molecule has 1 amide bonds. The maximum Gasteiger partial charge on any atom is 0.273 e. The predicted molar refractivity (Wildman–Crippen MR) is 145 cm³/mol. The lowest BCUT2D eigenvalue weighted by atomic mass is 9.98. The first kappa shape index (κ1) is 22.2. The number of rotatable bonds is 5. The summed E-state index contributed by atoms with van der Waals surface area (Å²) in [6.45, 7) is 2.95. The Morgan fingerprint density at radius 2 is 1.72 bits per heavy atom. The number of carbonyl (C=O) groups is 1. The molecule has 180 valence electrons. The van der Waals surface area contributed by atoms with Crippen LogP contribution in [0.25, 0.3) is 28.0 Å². The molecular formula is C31H29N3O2. The molecule has 0 aliphatic carbocycles. The van der Waals surface area contributed by atoms with Crippen LogP contribution in [0.15, 0.2) is 85.1 Å². The van der Waals surface area contributed by atoms with E-state index in [-0.39, 0.29) is 5.91 Å². The summed E-state index contributed by atoms with van der Waals surface area (Å²) in [5, 5.41) is 3.17. The van der Waals surface area contributed by atoms with Crippen molar-refractivity contribution >= 4 is 17.2 Å². The second kappa shape index (κ2) is 9.08. The molecule has 2 aromatic heterocycles. The molecule has 1 N–H and O–H groups in total. The van der Waals surface area contributed by atoms with Crippen molar-refractivity contribution in [3.63, 3.8) is 0 Å². The average Bonchev–Trinajstić information content (AvgIpc) is 3.32. The molecule has 3 aromatic carbocycles. The van der Waals surface area contributed by atoms with E-state index in [0.717, 1.165) is 70.8 Å². The Labute approximate surface area is 211 Å². The van der Waals surface area contributed by atoms with E-state index in [1.54, 1.807) is 7.11 Å². The van der Waals surface area contributed by atoms with E-state index in [1.807, 2.05) is 61.5 Å². The molecule has 0 unspecified atom stereocenters. The molecule has 0 radical (unpaired) electrons. The summed E-state index contributed by atoms with van der Waals surface area (Å²) in [5.74, 6) is 0.734. The van der Waals surface area contributed by atoms with Gasteiger partial charge in [0.2, 0.25) is 0 Å². The topological polar surface area (TPSA) is 47.7 Å². The van der Waals surface area contributed by atoms with Crippen LogP contribution < -0.4 is 10.1 Å². The van der Waals surface area contributed by atoms with Gasteiger partial charge in [-0.05, 0) is 79.3 Å². The molecule has 0 atom stereocenters. The van der Waals surface area contributed by atoms with Crippen molar-refractivity contribution in [3.05, 3.63) is 102 Å². The van der Waals surface area contributed by atoms with Gasteiger partial charge in [0.1, 0.15) is 17.1 Å². The van der Waals surface area contributed by atoms with E-state index in [4.69, 9.17) is 4.74 Å². The average molecular weight is 476 g/mol. The Kier molecular flexibility index (Phi) is 5.61. The number of nitrogens with zero attached hydrogens (tertiary/aromatic N) is 2. The summed E-state index contributed by atoms with van der Waals surface area (Å²) in [7, 11) is 1.68. The Morgan fingerprint density at radius 3 is 2.47 bits per heavy atom. The Morgan fingerprint density at radius 1 is 0.917 bits per heavy atom. The number of hydrogen-bond acceptors (Lipinski definition) is 2. The highest BCUT2D eigenvalue weighted by Gasteiger charge is 2.29. The van der Waals surface area contributed by atoms with Gasteiger partial charge in [0.05, 0.1) is 12.8 Å². The Balaban J connectivity index is 1.59. The molecule has 36 heavy (non-hydrogen) atoms. The summed E-state index contributed by atoms with van der Waals surface area (Å²) in [5.41, 5.74) is 9.29. The van der Waals surface area contributed by atoms with Crippen molar-refractivity contribution in [2.45, 2.75) is 32.7 Å². The lowest BCUT2D eigenvalue weighted by Crippen LogP contribution is -2.15. The van der Waals surface area contributed by atoms with Crippen molar-refractivity contribution in [1.29, 1.82) is 0 Å². The van der Waals surface area contributed by atoms with Gasteiger partial charge in [0, 0.05) is 29.6 Å². The zero-order valence-corrected chi connectivity index (χ0v) is 20.6. The smallest absolute Gasteiger partial charge is 0.273 e. The second-order valence-electron chi connectivity index (χ2n) is 9.44. The van der Waals surface area contributed by atoms with Crippen LogP contribution in [0, 0.1) is 6.92 Å². The molecule has 5 heteroatoms. The number of carbonyl (C=O) groups excluding carboxylic acids is 1. The Bertz CT molecular complexity index is 1560. The van der Waals surface area contributed by atoms with Gasteiger partial charge in [-0.1, -0.05) is 42.5 Å². The summed E-state index contributed by atoms with van der Waals surface area (Å²) < 4.78 is 9.88. The highest BCUT2D eigenvalue weighted by molar-refractivity contribution is 6.10. The number of benzene rings is 3. The number of anilines is 1. The first-order valence-electron chi connectivity index (χ1n) is 12.5. The molecule has 0 fully saturated rings.